The third-order valence-corrected chi connectivity index (χ3v) is 1.49. The van der Waals surface area contributed by atoms with Gasteiger partial charge < -0.3 is 5.73 Å². The average Bonchev–Trinajstić information content (AvgIpc) is 2.05. The zero-order valence-electron chi connectivity index (χ0n) is 6.82. The second kappa shape index (κ2) is 3.67. The number of rotatable bonds is 2. The van der Waals surface area contributed by atoms with Crippen LogP contribution in [0.15, 0.2) is 29.3 Å². The molecule has 0 saturated carbocycles. The summed E-state index contributed by atoms with van der Waals surface area (Å²) in [6.45, 7) is 0. The van der Waals surface area contributed by atoms with E-state index in [4.69, 9.17) is 5.73 Å². The normalized spacial score (nSPS) is 10.4. The van der Waals surface area contributed by atoms with Gasteiger partial charge in [0.2, 0.25) is 5.91 Å². The first kappa shape index (κ1) is 8.46. The minimum atomic E-state index is -0.425. The molecule has 1 amide bonds. The summed E-state index contributed by atoms with van der Waals surface area (Å²) in [5.74, 6) is -0.425. The highest BCUT2D eigenvalue weighted by atomic mass is 16.1. The molecule has 0 aliphatic carbocycles. The molecule has 0 radical (unpaired) electrons. The van der Waals surface area contributed by atoms with Gasteiger partial charge in [-0.3, -0.25) is 9.79 Å². The van der Waals surface area contributed by atoms with Crippen molar-refractivity contribution >= 4 is 12.1 Å². The Labute approximate surface area is 70.9 Å². The Morgan fingerprint density at radius 3 is 2.75 bits per heavy atom. The molecule has 0 saturated heterocycles. The van der Waals surface area contributed by atoms with Gasteiger partial charge >= 0.3 is 0 Å². The van der Waals surface area contributed by atoms with E-state index in [1.54, 1.807) is 31.5 Å². The smallest absolute Gasteiger partial charge is 0.249 e. The maximum atomic E-state index is 10.9. The van der Waals surface area contributed by atoms with Crippen molar-refractivity contribution in [3.63, 3.8) is 0 Å². The molecule has 2 N–H and O–H groups in total. The maximum absolute atomic E-state index is 10.9. The molecule has 0 heterocycles. The summed E-state index contributed by atoms with van der Waals surface area (Å²) in [5, 5.41) is 0. The number of nitrogens with zero attached hydrogens (tertiary/aromatic N) is 1. The van der Waals surface area contributed by atoms with E-state index in [9.17, 15) is 4.79 Å². The van der Waals surface area contributed by atoms with E-state index >= 15 is 0 Å². The molecule has 1 aromatic rings. The van der Waals surface area contributed by atoms with Gasteiger partial charge in [0.25, 0.3) is 0 Å². The molecule has 0 aliphatic heterocycles. The Bertz CT molecular complexity index is 318. The highest BCUT2D eigenvalue weighted by molar-refractivity contribution is 6.01. The zero-order chi connectivity index (χ0) is 8.97. The van der Waals surface area contributed by atoms with Crippen LogP contribution in [0.25, 0.3) is 0 Å². The molecule has 1 rings (SSSR count). The van der Waals surface area contributed by atoms with Gasteiger partial charge in [-0.2, -0.15) is 0 Å². The van der Waals surface area contributed by atoms with Crippen molar-refractivity contribution in [3.8, 4) is 0 Å². The number of hydrogen-bond donors (Lipinski definition) is 1. The van der Waals surface area contributed by atoms with Crippen LogP contribution in [0.2, 0.25) is 0 Å². The molecule has 0 spiro atoms. The molecule has 1 aromatic carbocycles. The van der Waals surface area contributed by atoms with Gasteiger partial charge in [0.15, 0.2) is 0 Å². The van der Waals surface area contributed by atoms with Crippen LogP contribution in [0.4, 0.5) is 0 Å². The topological polar surface area (TPSA) is 55.4 Å². The van der Waals surface area contributed by atoms with E-state index in [0.717, 1.165) is 5.56 Å². The van der Waals surface area contributed by atoms with E-state index in [0.29, 0.717) is 5.56 Å². The molecule has 0 fully saturated rings. The summed E-state index contributed by atoms with van der Waals surface area (Å²) in [4.78, 5) is 14.7. The van der Waals surface area contributed by atoms with Crippen molar-refractivity contribution in [2.45, 2.75) is 0 Å². The molecule has 0 atom stereocenters. The van der Waals surface area contributed by atoms with E-state index in [-0.39, 0.29) is 0 Å². The lowest BCUT2D eigenvalue weighted by molar-refractivity contribution is 0.1000. The Kier molecular flexibility index (Phi) is 2.58. The molecule has 0 aromatic heterocycles. The number of nitrogens with two attached hydrogens (primary N) is 1. The number of hydrogen-bond acceptors (Lipinski definition) is 2. The van der Waals surface area contributed by atoms with Crippen LogP contribution in [-0.4, -0.2) is 19.2 Å². The Morgan fingerprint density at radius 1 is 1.50 bits per heavy atom. The second-order valence-corrected chi connectivity index (χ2v) is 2.34. The van der Waals surface area contributed by atoms with Gasteiger partial charge in [0, 0.05) is 24.4 Å². The van der Waals surface area contributed by atoms with Crippen molar-refractivity contribution in [2.24, 2.45) is 10.7 Å². The van der Waals surface area contributed by atoms with Gasteiger partial charge in [0.05, 0.1) is 0 Å². The molecular formula is C9H10N2O. The van der Waals surface area contributed by atoms with Gasteiger partial charge in [-0.25, -0.2) is 0 Å². The molecule has 3 nitrogen and oxygen atoms in total. The van der Waals surface area contributed by atoms with Crippen LogP contribution in [0.1, 0.15) is 15.9 Å². The zero-order valence-corrected chi connectivity index (χ0v) is 6.82. The third-order valence-electron chi connectivity index (χ3n) is 1.49. The summed E-state index contributed by atoms with van der Waals surface area (Å²) < 4.78 is 0. The van der Waals surface area contributed by atoms with Crippen molar-refractivity contribution in [3.05, 3.63) is 35.4 Å². The molecule has 0 aliphatic rings. The molecule has 3 heteroatoms. The minimum Gasteiger partial charge on any atom is -0.366 e. The number of carbonyl (C=O) groups excluding carboxylic acids is 1. The fourth-order valence-electron chi connectivity index (χ4n) is 0.973. The summed E-state index contributed by atoms with van der Waals surface area (Å²) in [7, 11) is 1.65. The van der Waals surface area contributed by atoms with Gasteiger partial charge in [-0.1, -0.05) is 18.2 Å². The minimum absolute atomic E-state index is 0.425. The predicted molar refractivity (Wildman–Crippen MR) is 48.5 cm³/mol. The van der Waals surface area contributed by atoms with E-state index in [2.05, 4.69) is 4.99 Å². The van der Waals surface area contributed by atoms with Crippen LogP contribution in [-0.2, 0) is 0 Å². The Balaban J connectivity index is 3.17. The third kappa shape index (κ3) is 1.69. The highest BCUT2D eigenvalue weighted by Crippen LogP contribution is 2.04. The number of amides is 1. The first-order chi connectivity index (χ1) is 5.75. The second-order valence-electron chi connectivity index (χ2n) is 2.34. The van der Waals surface area contributed by atoms with Crippen molar-refractivity contribution in [1.29, 1.82) is 0 Å². The number of primary amides is 1. The van der Waals surface area contributed by atoms with Crippen LogP contribution in [0.3, 0.4) is 0 Å². The quantitative estimate of drug-likeness (QED) is 0.643. The number of benzene rings is 1. The lowest BCUT2D eigenvalue weighted by Gasteiger charge is -1.98. The van der Waals surface area contributed by atoms with E-state index in [1.165, 1.54) is 0 Å². The number of aliphatic imine (C=N–C) groups is 1. The molecule has 0 bridgehead atoms. The largest absolute Gasteiger partial charge is 0.366 e. The predicted octanol–water partition coefficient (Wildman–Crippen LogP) is 0.834. The molecular weight excluding hydrogens is 152 g/mol. The Hall–Kier alpha value is -1.64. The fourth-order valence-corrected chi connectivity index (χ4v) is 0.973. The highest BCUT2D eigenvalue weighted by Gasteiger charge is 2.03. The van der Waals surface area contributed by atoms with Crippen molar-refractivity contribution < 1.29 is 4.79 Å². The van der Waals surface area contributed by atoms with Gasteiger partial charge in [-0.15, -0.1) is 0 Å². The monoisotopic (exact) mass is 162 g/mol. The van der Waals surface area contributed by atoms with Crippen LogP contribution < -0.4 is 5.73 Å². The first-order valence-electron chi connectivity index (χ1n) is 3.56. The fraction of sp³-hybridized carbons (Fsp3) is 0.111. The van der Waals surface area contributed by atoms with Crippen LogP contribution in [0, 0.1) is 0 Å². The SMILES string of the molecule is C/N=C\c1ccccc1C(N)=O. The molecule has 0 unspecified atom stereocenters. The summed E-state index contributed by atoms with van der Waals surface area (Å²) in [6.07, 6.45) is 1.61. The van der Waals surface area contributed by atoms with E-state index < -0.39 is 5.91 Å². The lowest BCUT2D eigenvalue weighted by Crippen LogP contribution is -2.13. The molecule has 12 heavy (non-hydrogen) atoms. The lowest BCUT2D eigenvalue weighted by atomic mass is 10.1. The average molecular weight is 162 g/mol. The maximum Gasteiger partial charge on any atom is 0.249 e. The summed E-state index contributed by atoms with van der Waals surface area (Å²) in [5.41, 5.74) is 6.40. The summed E-state index contributed by atoms with van der Waals surface area (Å²) >= 11 is 0. The van der Waals surface area contributed by atoms with Gasteiger partial charge in [0.1, 0.15) is 0 Å². The number of carbonyl (C=O) groups is 1. The van der Waals surface area contributed by atoms with E-state index in [1.807, 2.05) is 6.07 Å². The van der Waals surface area contributed by atoms with Crippen LogP contribution >= 0.6 is 0 Å². The first-order valence-corrected chi connectivity index (χ1v) is 3.56. The van der Waals surface area contributed by atoms with Crippen molar-refractivity contribution in [1.82, 2.24) is 0 Å². The Morgan fingerprint density at radius 2 is 2.17 bits per heavy atom. The van der Waals surface area contributed by atoms with Gasteiger partial charge in [-0.05, 0) is 6.07 Å². The standard InChI is InChI=1S/C9H10N2O/c1-11-6-7-4-2-3-5-8(7)9(10)12/h2-6H,1H3,(H2,10,12)/b11-6-. The molecule has 62 valence electrons. The van der Waals surface area contributed by atoms with Crippen LogP contribution in [0.5, 0.6) is 0 Å². The summed E-state index contributed by atoms with van der Waals surface area (Å²) in [6, 6.07) is 7.09. The van der Waals surface area contributed by atoms with Crippen molar-refractivity contribution in [2.75, 3.05) is 7.05 Å².